The Balaban J connectivity index is 0.00000280. The van der Waals surface area contributed by atoms with Crippen LogP contribution >= 0.6 is 63.0 Å². The number of carbonyl (C=O) groups excluding carboxylic acids is 1. The van der Waals surface area contributed by atoms with Crippen LogP contribution < -0.4 is 4.90 Å². The van der Waals surface area contributed by atoms with Crippen molar-refractivity contribution in [2.24, 2.45) is 0 Å². The summed E-state index contributed by atoms with van der Waals surface area (Å²) in [6.45, 7) is 1.26. The Labute approximate surface area is 192 Å². The van der Waals surface area contributed by atoms with Crippen LogP contribution in [0.4, 0.5) is 5.13 Å². The number of likely N-dealkylation sites (N-methyl/N-ethyl adjacent to an activating group) is 1. The van der Waals surface area contributed by atoms with Gasteiger partial charge in [-0.1, -0.05) is 38.9 Å². The third-order valence-electron chi connectivity index (χ3n) is 3.99. The van der Waals surface area contributed by atoms with Crippen molar-refractivity contribution in [1.82, 2.24) is 9.88 Å². The predicted molar refractivity (Wildman–Crippen MR) is 128 cm³/mol. The molecule has 4 nitrogen and oxygen atoms in total. The Bertz CT molecular complexity index is 981. The molecule has 0 unspecified atom stereocenters. The van der Waals surface area contributed by atoms with E-state index in [1.807, 2.05) is 43.5 Å². The van der Waals surface area contributed by atoms with Crippen LogP contribution in [0, 0.1) is 0 Å². The van der Waals surface area contributed by atoms with Gasteiger partial charge in [0.05, 0.1) is 20.8 Å². The molecular weight excluding hydrogens is 501 g/mol. The zero-order valence-electron chi connectivity index (χ0n) is 15.6. The van der Waals surface area contributed by atoms with Gasteiger partial charge in [0.2, 0.25) is 0 Å². The first-order valence-corrected chi connectivity index (χ1v) is 11.5. The van der Waals surface area contributed by atoms with Crippen LogP contribution in [0.15, 0.2) is 45.8 Å². The van der Waals surface area contributed by atoms with Gasteiger partial charge in [-0.3, -0.25) is 9.69 Å². The van der Waals surface area contributed by atoms with E-state index in [4.69, 9.17) is 16.6 Å². The molecule has 0 saturated heterocycles. The molecule has 0 aliphatic rings. The number of aromatic nitrogens is 1. The molecule has 3 rings (SSSR count). The molecule has 1 amide bonds. The van der Waals surface area contributed by atoms with Gasteiger partial charge in [0.25, 0.3) is 5.91 Å². The number of fused-ring (bicyclic) bond motifs is 1. The van der Waals surface area contributed by atoms with E-state index in [1.165, 1.54) is 16.2 Å². The fourth-order valence-corrected chi connectivity index (χ4v) is 4.63. The molecule has 0 aliphatic heterocycles. The van der Waals surface area contributed by atoms with Crippen molar-refractivity contribution >= 4 is 84.3 Å². The Morgan fingerprint density at radius 1 is 1.21 bits per heavy atom. The van der Waals surface area contributed by atoms with Gasteiger partial charge < -0.3 is 4.90 Å². The summed E-state index contributed by atoms with van der Waals surface area (Å²) in [6.07, 6.45) is 2.05. The van der Waals surface area contributed by atoms with Gasteiger partial charge in [-0.15, -0.1) is 24.2 Å². The lowest BCUT2D eigenvalue weighted by Gasteiger charge is -2.22. The zero-order chi connectivity index (χ0) is 19.6. The van der Waals surface area contributed by atoms with E-state index in [-0.39, 0.29) is 18.3 Å². The molecular formula is C19H20BrCl2N3OS2. The van der Waals surface area contributed by atoms with Gasteiger partial charge >= 0.3 is 0 Å². The number of carbonyl (C=O) groups is 1. The second-order valence-electron chi connectivity index (χ2n) is 6.21. The van der Waals surface area contributed by atoms with Gasteiger partial charge in [-0.2, -0.15) is 0 Å². The lowest BCUT2D eigenvalue weighted by molar-refractivity contribution is 0.0985. The number of thioether (sulfide) groups is 1. The fourth-order valence-electron chi connectivity index (χ4n) is 2.53. The van der Waals surface area contributed by atoms with Crippen LogP contribution in [0.3, 0.4) is 0 Å². The molecule has 0 spiro atoms. The smallest absolute Gasteiger partial charge is 0.261 e. The number of hydrogen-bond donors (Lipinski definition) is 0. The summed E-state index contributed by atoms with van der Waals surface area (Å²) in [5.41, 5.74) is 1.37. The summed E-state index contributed by atoms with van der Waals surface area (Å²) in [4.78, 5) is 22.9. The molecule has 0 bridgehead atoms. The maximum absolute atomic E-state index is 13.3. The first-order valence-electron chi connectivity index (χ1n) is 8.25. The summed E-state index contributed by atoms with van der Waals surface area (Å²) in [5.74, 6) is -0.146. The van der Waals surface area contributed by atoms with Crippen molar-refractivity contribution in [1.29, 1.82) is 0 Å². The van der Waals surface area contributed by atoms with Gasteiger partial charge in [-0.05, 0) is 56.7 Å². The van der Waals surface area contributed by atoms with Gasteiger partial charge in [0.1, 0.15) is 0 Å². The first-order chi connectivity index (χ1) is 12.9. The van der Waals surface area contributed by atoms with Crippen molar-refractivity contribution in [3.05, 3.63) is 51.5 Å². The molecule has 0 atom stereocenters. The Morgan fingerprint density at radius 2 is 1.96 bits per heavy atom. The average molecular weight is 521 g/mol. The molecule has 1 heterocycles. The van der Waals surface area contributed by atoms with Crippen LogP contribution in [0.2, 0.25) is 5.02 Å². The molecule has 0 aliphatic carbocycles. The van der Waals surface area contributed by atoms with Crippen molar-refractivity contribution in [3.63, 3.8) is 0 Å². The summed E-state index contributed by atoms with van der Waals surface area (Å²) in [5, 5.41) is 1.12. The largest absolute Gasteiger partial charge is 0.308 e. The van der Waals surface area contributed by atoms with Gasteiger partial charge in [-0.25, -0.2) is 4.98 Å². The summed E-state index contributed by atoms with van der Waals surface area (Å²) >= 11 is 12.9. The van der Waals surface area contributed by atoms with Crippen molar-refractivity contribution in [2.75, 3.05) is 38.3 Å². The van der Waals surface area contributed by atoms with Crippen LogP contribution in [0.5, 0.6) is 0 Å². The molecule has 2 aromatic carbocycles. The number of nitrogens with zero attached hydrogens (tertiary/aromatic N) is 3. The topological polar surface area (TPSA) is 36.4 Å². The highest BCUT2D eigenvalue weighted by Crippen LogP contribution is 2.33. The standard InChI is InChI=1S/C19H19BrClN3OS2.ClH/c1-23(2)8-9-24(18(25)14-10-12(20)4-6-15(14)21)19-22-16-7-5-13(26-3)11-17(16)27-19;/h4-7,10-11H,8-9H2,1-3H3;1H. The summed E-state index contributed by atoms with van der Waals surface area (Å²) in [6, 6.07) is 11.5. The minimum Gasteiger partial charge on any atom is -0.308 e. The third-order valence-corrected chi connectivity index (χ3v) is 6.58. The van der Waals surface area contributed by atoms with Crippen LogP contribution in [-0.2, 0) is 0 Å². The lowest BCUT2D eigenvalue weighted by Crippen LogP contribution is -2.36. The maximum atomic E-state index is 13.3. The predicted octanol–water partition coefficient (Wildman–Crippen LogP) is 6.06. The molecule has 0 radical (unpaired) electrons. The van der Waals surface area contributed by atoms with Crippen LogP contribution in [0.1, 0.15) is 10.4 Å². The molecule has 1 aromatic heterocycles. The number of benzene rings is 2. The van der Waals surface area contributed by atoms with Crippen molar-refractivity contribution < 1.29 is 4.79 Å². The fraction of sp³-hybridized carbons (Fsp3) is 0.263. The van der Waals surface area contributed by atoms with Crippen LogP contribution in [-0.4, -0.2) is 49.2 Å². The molecule has 9 heteroatoms. The van der Waals surface area contributed by atoms with Gasteiger partial charge in [0, 0.05) is 22.5 Å². The Morgan fingerprint density at radius 3 is 2.64 bits per heavy atom. The van der Waals surface area contributed by atoms with E-state index < -0.39 is 0 Å². The summed E-state index contributed by atoms with van der Waals surface area (Å²) in [7, 11) is 3.97. The monoisotopic (exact) mass is 519 g/mol. The maximum Gasteiger partial charge on any atom is 0.261 e. The number of hydrogen-bond acceptors (Lipinski definition) is 5. The highest BCUT2D eigenvalue weighted by molar-refractivity contribution is 9.10. The highest BCUT2D eigenvalue weighted by Gasteiger charge is 2.23. The second-order valence-corrected chi connectivity index (χ2v) is 9.43. The van der Waals surface area contributed by atoms with E-state index in [2.05, 4.69) is 22.0 Å². The molecule has 150 valence electrons. The zero-order valence-corrected chi connectivity index (χ0v) is 20.4. The molecule has 0 fully saturated rings. The SMILES string of the molecule is CSc1ccc2nc(N(CCN(C)C)C(=O)c3cc(Br)ccc3Cl)sc2c1.Cl. The minimum absolute atomic E-state index is 0. The Hall–Kier alpha value is -0.830. The first kappa shape index (κ1) is 23.4. The quantitative estimate of drug-likeness (QED) is 0.370. The molecule has 28 heavy (non-hydrogen) atoms. The van der Waals surface area contributed by atoms with Crippen molar-refractivity contribution in [2.45, 2.75) is 4.90 Å². The average Bonchev–Trinajstić information content (AvgIpc) is 3.06. The Kier molecular flexibility index (Phi) is 8.60. The van der Waals surface area contributed by atoms with E-state index >= 15 is 0 Å². The normalized spacial score (nSPS) is 10.9. The van der Waals surface area contributed by atoms with E-state index in [0.717, 1.165) is 21.2 Å². The summed E-state index contributed by atoms with van der Waals surface area (Å²) < 4.78 is 1.89. The number of anilines is 1. The minimum atomic E-state index is -0.146. The second kappa shape index (κ2) is 10.3. The van der Waals surface area contributed by atoms with E-state index in [0.29, 0.717) is 22.3 Å². The number of rotatable bonds is 6. The molecule has 0 N–H and O–H groups in total. The third kappa shape index (κ3) is 5.40. The number of thiazole rings is 1. The number of halogens is 3. The van der Waals surface area contributed by atoms with Gasteiger partial charge in [0.15, 0.2) is 5.13 Å². The molecule has 0 saturated carbocycles. The van der Waals surface area contributed by atoms with Crippen LogP contribution in [0.25, 0.3) is 10.2 Å². The van der Waals surface area contributed by atoms with E-state index in [9.17, 15) is 4.79 Å². The van der Waals surface area contributed by atoms with Crippen molar-refractivity contribution in [3.8, 4) is 0 Å². The molecule has 3 aromatic rings. The highest BCUT2D eigenvalue weighted by atomic mass is 79.9. The number of amides is 1. The lowest BCUT2D eigenvalue weighted by atomic mass is 10.2. The van der Waals surface area contributed by atoms with E-state index in [1.54, 1.807) is 28.8 Å².